The molecule has 0 aliphatic carbocycles. The van der Waals surface area contributed by atoms with Gasteiger partial charge in [0.1, 0.15) is 6.04 Å². The van der Waals surface area contributed by atoms with Crippen molar-refractivity contribution in [1.82, 2.24) is 4.31 Å². The summed E-state index contributed by atoms with van der Waals surface area (Å²) in [5, 5.41) is 12.5. The van der Waals surface area contributed by atoms with Gasteiger partial charge in [-0.3, -0.25) is 9.59 Å². The van der Waals surface area contributed by atoms with Crippen molar-refractivity contribution in [2.45, 2.75) is 23.9 Å². The average Bonchev–Trinajstić information content (AvgIpc) is 3.17. The molecule has 8 nitrogen and oxygen atoms in total. The van der Waals surface area contributed by atoms with E-state index in [1.807, 2.05) is 6.07 Å². The van der Waals surface area contributed by atoms with Crippen LogP contribution in [0.15, 0.2) is 101 Å². The van der Waals surface area contributed by atoms with Gasteiger partial charge < -0.3 is 11.1 Å². The van der Waals surface area contributed by atoms with Gasteiger partial charge in [0.25, 0.3) is 0 Å². The molecule has 0 saturated carbocycles. The van der Waals surface area contributed by atoms with E-state index in [1.165, 1.54) is 31.2 Å². The first-order valence-electron chi connectivity index (χ1n) is 10.7. The highest BCUT2D eigenvalue weighted by Gasteiger charge is 2.50. The van der Waals surface area contributed by atoms with Crippen molar-refractivity contribution < 1.29 is 18.0 Å². The molecule has 0 aromatic heterocycles. The summed E-state index contributed by atoms with van der Waals surface area (Å²) in [5.74, 6) is -0.832. The number of benzene rings is 3. The number of nitrogens with one attached hydrogen (secondary N) is 1. The number of rotatable bonds is 6. The van der Waals surface area contributed by atoms with Crippen molar-refractivity contribution in [1.29, 1.82) is 5.26 Å². The van der Waals surface area contributed by atoms with Crippen LogP contribution >= 0.6 is 0 Å². The molecule has 176 valence electrons. The second-order valence-electron chi connectivity index (χ2n) is 7.97. The molecule has 0 saturated heterocycles. The maximum absolute atomic E-state index is 14.0. The van der Waals surface area contributed by atoms with Gasteiger partial charge in [0.15, 0.2) is 5.78 Å². The van der Waals surface area contributed by atoms with E-state index in [-0.39, 0.29) is 27.6 Å². The molecule has 4 rings (SSSR count). The van der Waals surface area contributed by atoms with Crippen LogP contribution in [0.1, 0.15) is 28.9 Å². The van der Waals surface area contributed by atoms with Crippen molar-refractivity contribution >= 4 is 27.4 Å². The average molecular weight is 487 g/mol. The Labute approximate surface area is 203 Å². The standard InChI is InChI=1S/C26H22N4O4S/c1-17(31)29-20-12-14-21(15-13-20)35(33,34)30-24(18-8-4-2-5-9-18)22(16-27)23(28)25(30)26(32)19-10-6-3-7-11-19/h2-15,24-25H,28H2,1H3,(H,29,31)/t24-,25+/m0/s1. The number of nitrogens with two attached hydrogens (primary N) is 1. The summed E-state index contributed by atoms with van der Waals surface area (Å²) < 4.78 is 29.0. The Hall–Kier alpha value is -4.26. The maximum atomic E-state index is 14.0. The first-order chi connectivity index (χ1) is 16.8. The Morgan fingerprint density at radius 3 is 2.06 bits per heavy atom. The van der Waals surface area contributed by atoms with Crippen molar-refractivity contribution in [3.8, 4) is 6.07 Å². The quantitative estimate of drug-likeness (QED) is 0.513. The van der Waals surface area contributed by atoms with Crippen molar-refractivity contribution in [2.24, 2.45) is 5.73 Å². The Morgan fingerprint density at radius 1 is 0.943 bits per heavy atom. The van der Waals surface area contributed by atoms with Gasteiger partial charge in [0, 0.05) is 18.2 Å². The summed E-state index contributed by atoms with van der Waals surface area (Å²) in [6.07, 6.45) is 0. The zero-order chi connectivity index (χ0) is 25.2. The molecule has 0 spiro atoms. The number of Topliss-reactive ketones (excluding diaryl/α,β-unsaturated/α-hetero) is 1. The molecule has 0 unspecified atom stereocenters. The second-order valence-corrected chi connectivity index (χ2v) is 9.81. The van der Waals surface area contributed by atoms with Crippen LogP contribution in [0.5, 0.6) is 0 Å². The number of ketones is 1. The molecular weight excluding hydrogens is 464 g/mol. The zero-order valence-corrected chi connectivity index (χ0v) is 19.6. The van der Waals surface area contributed by atoms with E-state index in [0.29, 0.717) is 11.3 Å². The highest BCUT2D eigenvalue weighted by Crippen LogP contribution is 2.43. The molecule has 1 amide bonds. The number of hydrogen-bond acceptors (Lipinski definition) is 6. The highest BCUT2D eigenvalue weighted by molar-refractivity contribution is 7.89. The minimum atomic E-state index is -4.33. The van der Waals surface area contributed by atoms with Gasteiger partial charge in [-0.1, -0.05) is 60.7 Å². The molecule has 0 fully saturated rings. The largest absolute Gasteiger partial charge is 0.399 e. The summed E-state index contributed by atoms with van der Waals surface area (Å²) in [7, 11) is -4.33. The molecule has 0 radical (unpaired) electrons. The predicted octanol–water partition coefficient (Wildman–Crippen LogP) is 3.38. The molecule has 35 heavy (non-hydrogen) atoms. The van der Waals surface area contributed by atoms with Crippen LogP contribution in [0.25, 0.3) is 0 Å². The first-order valence-corrected chi connectivity index (χ1v) is 12.1. The van der Waals surface area contributed by atoms with Crippen LogP contribution in [0.2, 0.25) is 0 Å². The smallest absolute Gasteiger partial charge is 0.245 e. The topological polar surface area (TPSA) is 133 Å². The number of hydrogen-bond donors (Lipinski definition) is 2. The Balaban J connectivity index is 1.88. The molecular formula is C26H22N4O4S. The summed E-state index contributed by atoms with van der Waals surface area (Å²) in [4.78, 5) is 24.8. The number of nitriles is 1. The minimum Gasteiger partial charge on any atom is -0.399 e. The van der Waals surface area contributed by atoms with Crippen LogP contribution in [-0.2, 0) is 14.8 Å². The van der Waals surface area contributed by atoms with Gasteiger partial charge in [0.05, 0.1) is 28.3 Å². The first kappa shape index (κ1) is 23.9. The lowest BCUT2D eigenvalue weighted by atomic mass is 10.00. The van der Waals surface area contributed by atoms with Gasteiger partial charge in [-0.15, -0.1) is 0 Å². The maximum Gasteiger partial charge on any atom is 0.245 e. The molecule has 3 aromatic carbocycles. The van der Waals surface area contributed by atoms with Crippen LogP contribution in [0.4, 0.5) is 5.69 Å². The molecule has 3 aromatic rings. The number of amides is 1. The van der Waals surface area contributed by atoms with E-state index in [4.69, 9.17) is 5.73 Å². The van der Waals surface area contributed by atoms with Crippen LogP contribution in [-0.4, -0.2) is 30.5 Å². The van der Waals surface area contributed by atoms with Crippen LogP contribution < -0.4 is 11.1 Å². The van der Waals surface area contributed by atoms with E-state index in [9.17, 15) is 23.3 Å². The van der Waals surface area contributed by atoms with Crippen molar-refractivity contribution in [2.75, 3.05) is 5.32 Å². The molecule has 1 aliphatic rings. The van der Waals surface area contributed by atoms with E-state index >= 15 is 0 Å². The SMILES string of the molecule is CC(=O)Nc1ccc(S(=O)(=O)N2[C@@H](C(=O)c3ccccc3)C(N)=C(C#N)[C@@H]2c2ccccc2)cc1. The Bertz CT molecular complexity index is 1440. The number of carbonyl (C=O) groups excluding carboxylic acids is 2. The fraction of sp³-hybridized carbons (Fsp3) is 0.115. The normalized spacial score (nSPS) is 18.2. The summed E-state index contributed by atoms with van der Waals surface area (Å²) in [6.45, 7) is 1.34. The lowest BCUT2D eigenvalue weighted by molar-refractivity contribution is -0.114. The van der Waals surface area contributed by atoms with E-state index in [0.717, 1.165) is 4.31 Å². The van der Waals surface area contributed by atoms with Crippen LogP contribution in [0.3, 0.4) is 0 Å². The summed E-state index contributed by atoms with van der Waals surface area (Å²) >= 11 is 0. The number of nitrogens with zero attached hydrogens (tertiary/aromatic N) is 2. The van der Waals surface area contributed by atoms with Crippen molar-refractivity contribution in [3.05, 3.63) is 107 Å². The monoisotopic (exact) mass is 486 g/mol. The fourth-order valence-corrected chi connectivity index (χ4v) is 5.84. The third-order valence-electron chi connectivity index (χ3n) is 5.68. The minimum absolute atomic E-state index is 0.00363. The van der Waals surface area contributed by atoms with Gasteiger partial charge in [-0.05, 0) is 29.8 Å². The Kier molecular flexibility index (Phi) is 6.51. The van der Waals surface area contributed by atoms with Gasteiger partial charge >= 0.3 is 0 Å². The van der Waals surface area contributed by atoms with E-state index in [1.54, 1.807) is 60.7 Å². The zero-order valence-electron chi connectivity index (χ0n) is 18.8. The van der Waals surface area contributed by atoms with Gasteiger partial charge in [-0.25, -0.2) is 8.42 Å². The fourth-order valence-electron chi connectivity index (χ4n) is 4.12. The van der Waals surface area contributed by atoms with Crippen molar-refractivity contribution in [3.63, 3.8) is 0 Å². The molecule has 1 heterocycles. The molecule has 3 N–H and O–H groups in total. The molecule has 0 bridgehead atoms. The van der Waals surface area contributed by atoms with E-state index in [2.05, 4.69) is 5.32 Å². The Morgan fingerprint density at radius 2 is 1.51 bits per heavy atom. The highest BCUT2D eigenvalue weighted by atomic mass is 32.2. The summed E-state index contributed by atoms with van der Waals surface area (Å²) in [5.41, 5.74) is 7.43. The van der Waals surface area contributed by atoms with Crippen LogP contribution in [0, 0.1) is 11.3 Å². The number of anilines is 1. The molecule has 9 heteroatoms. The number of sulfonamides is 1. The second kappa shape index (κ2) is 9.54. The van der Waals surface area contributed by atoms with Gasteiger partial charge in [-0.2, -0.15) is 9.57 Å². The molecule has 1 aliphatic heterocycles. The van der Waals surface area contributed by atoms with E-state index < -0.39 is 27.9 Å². The van der Waals surface area contributed by atoms with Gasteiger partial charge in [0.2, 0.25) is 15.9 Å². The number of carbonyl (C=O) groups is 2. The predicted molar refractivity (Wildman–Crippen MR) is 130 cm³/mol. The molecule has 2 atom stereocenters. The lowest BCUT2D eigenvalue weighted by Crippen LogP contribution is -2.45. The third kappa shape index (κ3) is 4.45. The lowest BCUT2D eigenvalue weighted by Gasteiger charge is -2.30. The third-order valence-corrected chi connectivity index (χ3v) is 7.53. The summed E-state index contributed by atoms with van der Waals surface area (Å²) in [6, 6.07) is 21.9.